The van der Waals surface area contributed by atoms with Crippen molar-refractivity contribution < 1.29 is 9.53 Å². The van der Waals surface area contributed by atoms with Crippen LogP contribution in [0.5, 0.6) is 0 Å². The molecule has 70 valence electrons. The number of nitrogens with two attached hydrogens (primary N) is 1. The normalized spacial score (nSPS) is 25.1. The fraction of sp³-hybridized carbons (Fsp3) is 0.500. The molecule has 0 aromatic heterocycles. The summed E-state index contributed by atoms with van der Waals surface area (Å²) in [5.41, 5.74) is 5.59. The van der Waals surface area contributed by atoms with Crippen molar-refractivity contribution in [1.29, 1.82) is 0 Å². The second kappa shape index (κ2) is 4.68. The van der Waals surface area contributed by atoms with E-state index in [1.54, 1.807) is 6.08 Å². The van der Waals surface area contributed by atoms with Crippen LogP contribution in [0.25, 0.3) is 0 Å². The smallest absolute Gasteiger partial charge is 0.326 e. The Bertz CT molecular complexity index is 272. The van der Waals surface area contributed by atoms with Crippen LogP contribution < -0.4 is 5.73 Å². The molecule has 1 rings (SSSR count). The van der Waals surface area contributed by atoms with Crippen molar-refractivity contribution in [3.05, 3.63) is 12.2 Å². The number of carbonyl (C=O) groups excluding carboxylic acids is 1. The summed E-state index contributed by atoms with van der Waals surface area (Å²) in [6, 6.07) is -0.0170. The topological polar surface area (TPSA) is 52.3 Å². The fourth-order valence-electron chi connectivity index (χ4n) is 1.14. The Morgan fingerprint density at radius 2 is 2.46 bits per heavy atom. The molecule has 0 spiro atoms. The van der Waals surface area contributed by atoms with Crippen LogP contribution in [0, 0.1) is 17.9 Å². The van der Waals surface area contributed by atoms with Gasteiger partial charge in [-0.2, -0.15) is 0 Å². The largest absolute Gasteiger partial charge is 0.372 e. The van der Waals surface area contributed by atoms with Gasteiger partial charge in [0.15, 0.2) is 0 Å². The Kier molecular flexibility index (Phi) is 3.53. The minimum atomic E-state index is -0.301. The van der Waals surface area contributed by atoms with E-state index in [0.717, 1.165) is 0 Å². The first kappa shape index (κ1) is 9.82. The maximum absolute atomic E-state index is 11.2. The monoisotopic (exact) mass is 179 g/mol. The first-order valence-electron chi connectivity index (χ1n) is 4.36. The van der Waals surface area contributed by atoms with Crippen LogP contribution in [0.3, 0.4) is 0 Å². The lowest BCUT2D eigenvalue weighted by Crippen LogP contribution is -2.19. The molecule has 0 aromatic rings. The molecule has 2 atom stereocenters. The van der Waals surface area contributed by atoms with Crippen molar-refractivity contribution in [3.8, 4) is 12.0 Å². The van der Waals surface area contributed by atoms with Crippen LogP contribution in [0.15, 0.2) is 12.2 Å². The molecule has 0 bridgehead atoms. The first-order valence-corrected chi connectivity index (χ1v) is 4.36. The molecule has 3 heteroatoms. The van der Waals surface area contributed by atoms with Crippen LogP contribution in [-0.2, 0) is 9.53 Å². The van der Waals surface area contributed by atoms with Gasteiger partial charge in [-0.25, -0.2) is 0 Å². The molecular weight excluding hydrogens is 166 g/mol. The average Bonchev–Trinajstić information content (AvgIpc) is 2.52. The van der Waals surface area contributed by atoms with Gasteiger partial charge in [-0.1, -0.05) is 25.0 Å². The molecule has 0 unspecified atom stereocenters. The predicted octanol–water partition coefficient (Wildman–Crippen LogP) is 0.804. The lowest BCUT2D eigenvalue weighted by Gasteiger charge is -2.04. The second-order valence-electron chi connectivity index (χ2n) is 2.94. The van der Waals surface area contributed by atoms with Gasteiger partial charge in [-0.3, -0.25) is 4.79 Å². The predicted molar refractivity (Wildman–Crippen MR) is 49.4 cm³/mol. The molecule has 0 fully saturated rings. The van der Waals surface area contributed by atoms with Gasteiger partial charge in [0.2, 0.25) is 0 Å². The van der Waals surface area contributed by atoms with E-state index in [1.165, 1.54) is 0 Å². The zero-order valence-electron chi connectivity index (χ0n) is 7.62. The van der Waals surface area contributed by atoms with Gasteiger partial charge in [0.25, 0.3) is 0 Å². The summed E-state index contributed by atoms with van der Waals surface area (Å²) < 4.78 is 4.71. The number of ether oxygens (including phenoxy) is 1. The van der Waals surface area contributed by atoms with Gasteiger partial charge >= 0.3 is 5.97 Å². The molecule has 0 radical (unpaired) electrons. The third-order valence-electron chi connectivity index (χ3n) is 1.82. The van der Waals surface area contributed by atoms with Crippen molar-refractivity contribution in [2.75, 3.05) is 0 Å². The van der Waals surface area contributed by atoms with Crippen LogP contribution in [-0.4, -0.2) is 12.0 Å². The zero-order valence-corrected chi connectivity index (χ0v) is 7.62. The number of hydrogen-bond donors (Lipinski definition) is 1. The quantitative estimate of drug-likeness (QED) is 0.368. The highest BCUT2D eigenvalue weighted by Crippen LogP contribution is 2.17. The lowest BCUT2D eigenvalue weighted by molar-refractivity contribution is -0.139. The molecule has 3 nitrogen and oxygen atoms in total. The Hall–Kier alpha value is -1.27. The highest BCUT2D eigenvalue weighted by molar-refractivity contribution is 5.76. The second-order valence-corrected chi connectivity index (χ2v) is 2.94. The van der Waals surface area contributed by atoms with Crippen molar-refractivity contribution in [2.24, 2.45) is 11.7 Å². The number of esters is 1. The van der Waals surface area contributed by atoms with Crippen LogP contribution in [0.1, 0.15) is 19.8 Å². The summed E-state index contributed by atoms with van der Waals surface area (Å²) >= 11 is 0. The van der Waals surface area contributed by atoms with Crippen molar-refractivity contribution in [2.45, 2.75) is 25.8 Å². The summed E-state index contributed by atoms with van der Waals surface area (Å²) in [5.74, 6) is 2.16. The van der Waals surface area contributed by atoms with E-state index in [-0.39, 0.29) is 17.9 Å². The molecule has 0 aliphatic heterocycles. The minimum Gasteiger partial charge on any atom is -0.372 e. The van der Waals surface area contributed by atoms with E-state index in [4.69, 9.17) is 10.5 Å². The third kappa shape index (κ3) is 2.92. The van der Waals surface area contributed by atoms with Gasteiger partial charge in [0.05, 0.1) is 5.92 Å². The first-order chi connectivity index (χ1) is 6.24. The van der Waals surface area contributed by atoms with E-state index >= 15 is 0 Å². The van der Waals surface area contributed by atoms with E-state index in [1.807, 2.05) is 13.0 Å². The van der Waals surface area contributed by atoms with Crippen molar-refractivity contribution >= 4 is 5.97 Å². The summed E-state index contributed by atoms with van der Waals surface area (Å²) in [6.07, 6.45) is 7.27. The molecule has 2 N–H and O–H groups in total. The van der Waals surface area contributed by atoms with Crippen LogP contribution >= 0.6 is 0 Å². The Balaban J connectivity index is 2.37. The Morgan fingerprint density at radius 1 is 1.69 bits per heavy atom. The average molecular weight is 179 g/mol. The summed E-state index contributed by atoms with van der Waals surface area (Å²) in [4.78, 5) is 11.2. The molecule has 0 amide bonds. The van der Waals surface area contributed by atoms with Gasteiger partial charge < -0.3 is 10.5 Å². The van der Waals surface area contributed by atoms with Crippen molar-refractivity contribution in [3.63, 3.8) is 0 Å². The van der Waals surface area contributed by atoms with Crippen LogP contribution in [0.2, 0.25) is 0 Å². The van der Waals surface area contributed by atoms with E-state index < -0.39 is 0 Å². The molecule has 0 aromatic carbocycles. The van der Waals surface area contributed by atoms with E-state index in [0.29, 0.717) is 12.8 Å². The zero-order chi connectivity index (χ0) is 9.68. The molecule has 0 saturated carbocycles. The number of carbonyl (C=O) groups is 1. The van der Waals surface area contributed by atoms with Crippen LogP contribution in [0.4, 0.5) is 0 Å². The maximum atomic E-state index is 11.2. The van der Waals surface area contributed by atoms with Crippen molar-refractivity contribution in [1.82, 2.24) is 0 Å². The molecule has 1 aliphatic carbocycles. The molecular formula is C10H13NO2. The summed E-state index contributed by atoms with van der Waals surface area (Å²) in [5, 5.41) is 0. The van der Waals surface area contributed by atoms with E-state index in [9.17, 15) is 4.79 Å². The summed E-state index contributed by atoms with van der Waals surface area (Å²) in [6.45, 7) is 1.90. The van der Waals surface area contributed by atoms with Gasteiger partial charge in [0, 0.05) is 12.5 Å². The maximum Gasteiger partial charge on any atom is 0.326 e. The van der Waals surface area contributed by atoms with Gasteiger partial charge in [-0.05, 0) is 6.42 Å². The lowest BCUT2D eigenvalue weighted by atomic mass is 10.1. The highest BCUT2D eigenvalue weighted by Gasteiger charge is 2.23. The Labute approximate surface area is 77.9 Å². The third-order valence-corrected chi connectivity index (χ3v) is 1.82. The Morgan fingerprint density at radius 3 is 3.00 bits per heavy atom. The summed E-state index contributed by atoms with van der Waals surface area (Å²) in [7, 11) is 0. The number of rotatable bonds is 1. The fourth-order valence-corrected chi connectivity index (χ4v) is 1.14. The molecule has 0 saturated heterocycles. The molecule has 1 aliphatic rings. The standard InChI is InChI=1S/C10H13NO2/c1-2-3-6-13-10(12)8-4-5-9(11)7-8/h4-5,8-9H,2,7,11H2,1H3/t8-,9+/m1/s1. The van der Waals surface area contributed by atoms with Gasteiger partial charge in [-0.15, -0.1) is 0 Å². The molecule has 13 heavy (non-hydrogen) atoms. The number of hydrogen-bond acceptors (Lipinski definition) is 3. The molecule has 0 heterocycles. The SMILES string of the molecule is CCC#COC(=O)[C@@H]1C=C[C@H](N)C1. The van der Waals surface area contributed by atoms with E-state index in [2.05, 4.69) is 12.0 Å². The van der Waals surface area contributed by atoms with Gasteiger partial charge in [0.1, 0.15) is 6.11 Å². The minimum absolute atomic E-state index is 0.0170. The highest BCUT2D eigenvalue weighted by atomic mass is 16.5.